The number of hydrogen-bond acceptors (Lipinski definition) is 6. The van der Waals surface area contributed by atoms with Crippen LogP contribution in [0.15, 0.2) is 121 Å². The standard InChI is InChI=1S/C36H41NO5/c38-22-21-37-23-34(40-25-30-15-7-2-8-16-30)36(42-27-32-19-11-4-12-20-32)35(41-26-31-17-9-3-10-18-31)33(37)28-39-24-29-13-5-1-6-14-29/h1-20,33-36,38H,21-28H2/t33?,34?,35-,36?/m1/s1. The maximum atomic E-state index is 10.1. The normalized spacial score (nSPS) is 20.9. The van der Waals surface area contributed by atoms with Gasteiger partial charge in [0.05, 0.1) is 51.8 Å². The third-order valence-electron chi connectivity index (χ3n) is 7.62. The first-order valence-electron chi connectivity index (χ1n) is 14.7. The van der Waals surface area contributed by atoms with E-state index >= 15 is 0 Å². The molecule has 0 aliphatic carbocycles. The molecule has 5 rings (SSSR count). The smallest absolute Gasteiger partial charge is 0.113 e. The van der Waals surface area contributed by atoms with E-state index in [9.17, 15) is 5.11 Å². The minimum Gasteiger partial charge on any atom is -0.395 e. The monoisotopic (exact) mass is 567 g/mol. The Morgan fingerprint density at radius 3 is 1.45 bits per heavy atom. The first-order valence-corrected chi connectivity index (χ1v) is 14.7. The Labute approximate surface area is 249 Å². The number of nitrogens with zero attached hydrogens (tertiary/aromatic N) is 1. The molecule has 1 aliphatic rings. The fourth-order valence-corrected chi connectivity index (χ4v) is 5.43. The molecule has 6 heteroatoms. The molecular formula is C36H41NO5. The molecule has 42 heavy (non-hydrogen) atoms. The zero-order chi connectivity index (χ0) is 28.8. The van der Waals surface area contributed by atoms with E-state index in [1.165, 1.54) is 0 Å². The molecule has 1 fully saturated rings. The number of benzene rings is 4. The van der Waals surface area contributed by atoms with Gasteiger partial charge in [-0.15, -0.1) is 0 Å². The van der Waals surface area contributed by atoms with Crippen LogP contribution in [0.4, 0.5) is 0 Å². The number of aliphatic hydroxyl groups excluding tert-OH is 1. The van der Waals surface area contributed by atoms with Crippen molar-refractivity contribution >= 4 is 0 Å². The molecule has 0 amide bonds. The van der Waals surface area contributed by atoms with Crippen LogP contribution < -0.4 is 0 Å². The molecule has 0 radical (unpaired) electrons. The Bertz CT molecular complexity index is 1280. The highest BCUT2D eigenvalue weighted by Gasteiger charge is 2.46. The molecule has 1 aliphatic heterocycles. The van der Waals surface area contributed by atoms with Gasteiger partial charge in [0.2, 0.25) is 0 Å². The highest BCUT2D eigenvalue weighted by molar-refractivity contribution is 5.16. The fraction of sp³-hybridized carbons (Fsp3) is 0.333. The first-order chi connectivity index (χ1) is 20.8. The predicted molar refractivity (Wildman–Crippen MR) is 164 cm³/mol. The molecule has 220 valence electrons. The van der Waals surface area contributed by atoms with Gasteiger partial charge in [-0.2, -0.15) is 0 Å². The van der Waals surface area contributed by atoms with E-state index in [0.717, 1.165) is 22.3 Å². The van der Waals surface area contributed by atoms with Crippen LogP contribution in [0.25, 0.3) is 0 Å². The summed E-state index contributed by atoms with van der Waals surface area (Å²) in [4.78, 5) is 2.23. The highest BCUT2D eigenvalue weighted by atomic mass is 16.6. The van der Waals surface area contributed by atoms with Crippen molar-refractivity contribution < 1.29 is 24.1 Å². The third kappa shape index (κ3) is 8.82. The van der Waals surface area contributed by atoms with Crippen LogP contribution in [-0.2, 0) is 45.4 Å². The Hall–Kier alpha value is -3.36. The van der Waals surface area contributed by atoms with E-state index in [0.29, 0.717) is 46.1 Å². The van der Waals surface area contributed by atoms with Crippen molar-refractivity contribution in [3.8, 4) is 0 Å². The number of likely N-dealkylation sites (tertiary alicyclic amines) is 1. The van der Waals surface area contributed by atoms with Crippen LogP contribution in [0.1, 0.15) is 22.3 Å². The Balaban J connectivity index is 1.40. The second-order valence-corrected chi connectivity index (χ2v) is 10.6. The molecule has 6 nitrogen and oxygen atoms in total. The van der Waals surface area contributed by atoms with E-state index in [2.05, 4.69) is 53.4 Å². The van der Waals surface area contributed by atoms with Crippen molar-refractivity contribution in [2.45, 2.75) is 50.8 Å². The number of aliphatic hydroxyl groups is 1. The highest BCUT2D eigenvalue weighted by Crippen LogP contribution is 2.29. The maximum Gasteiger partial charge on any atom is 0.113 e. The average molecular weight is 568 g/mol. The second-order valence-electron chi connectivity index (χ2n) is 10.6. The lowest BCUT2D eigenvalue weighted by Crippen LogP contribution is -2.65. The van der Waals surface area contributed by atoms with Crippen molar-refractivity contribution in [3.05, 3.63) is 144 Å². The summed E-state index contributed by atoms with van der Waals surface area (Å²) in [5.74, 6) is 0. The summed E-state index contributed by atoms with van der Waals surface area (Å²) in [7, 11) is 0. The minimum atomic E-state index is -0.356. The third-order valence-corrected chi connectivity index (χ3v) is 7.62. The lowest BCUT2D eigenvalue weighted by Gasteiger charge is -2.48. The lowest BCUT2D eigenvalue weighted by atomic mass is 9.93. The van der Waals surface area contributed by atoms with Crippen molar-refractivity contribution in [2.24, 2.45) is 0 Å². The van der Waals surface area contributed by atoms with E-state index in [-0.39, 0.29) is 31.0 Å². The first kappa shape index (κ1) is 30.1. The summed E-state index contributed by atoms with van der Waals surface area (Å²) in [5.41, 5.74) is 4.40. The van der Waals surface area contributed by atoms with Crippen molar-refractivity contribution in [1.82, 2.24) is 4.90 Å². The van der Waals surface area contributed by atoms with Crippen molar-refractivity contribution in [3.63, 3.8) is 0 Å². The van der Waals surface area contributed by atoms with Gasteiger partial charge in [-0.3, -0.25) is 4.90 Å². The van der Waals surface area contributed by atoms with Crippen LogP contribution >= 0.6 is 0 Å². The van der Waals surface area contributed by atoms with Crippen LogP contribution in [0.3, 0.4) is 0 Å². The summed E-state index contributed by atoms with van der Waals surface area (Å²) in [6.07, 6.45) is -0.977. The van der Waals surface area contributed by atoms with Crippen LogP contribution in [0, 0.1) is 0 Å². The van der Waals surface area contributed by atoms with E-state index in [1.807, 2.05) is 72.8 Å². The van der Waals surface area contributed by atoms with Gasteiger partial charge in [-0.25, -0.2) is 0 Å². The Morgan fingerprint density at radius 1 is 0.548 bits per heavy atom. The van der Waals surface area contributed by atoms with Crippen LogP contribution in [0.2, 0.25) is 0 Å². The molecule has 3 unspecified atom stereocenters. The molecule has 4 aromatic carbocycles. The summed E-state index contributed by atoms with van der Waals surface area (Å²) in [6, 6.07) is 40.6. The van der Waals surface area contributed by atoms with Crippen LogP contribution in [-0.4, -0.2) is 60.7 Å². The van der Waals surface area contributed by atoms with E-state index in [4.69, 9.17) is 18.9 Å². The number of hydrogen-bond donors (Lipinski definition) is 1. The molecule has 1 N–H and O–H groups in total. The number of ether oxygens (including phenoxy) is 4. The summed E-state index contributed by atoms with van der Waals surface area (Å²) < 4.78 is 26.3. The molecule has 0 bridgehead atoms. The van der Waals surface area contributed by atoms with Crippen molar-refractivity contribution in [2.75, 3.05) is 26.3 Å². The molecule has 0 aromatic heterocycles. The lowest BCUT2D eigenvalue weighted by molar-refractivity contribution is -0.211. The van der Waals surface area contributed by atoms with E-state index < -0.39 is 0 Å². The van der Waals surface area contributed by atoms with Gasteiger partial charge in [0.15, 0.2) is 0 Å². The number of piperidine rings is 1. The van der Waals surface area contributed by atoms with Gasteiger partial charge in [0, 0.05) is 13.1 Å². The molecule has 1 saturated heterocycles. The summed E-state index contributed by atoms with van der Waals surface area (Å²) in [6.45, 7) is 3.39. The van der Waals surface area contributed by atoms with Gasteiger partial charge in [-0.05, 0) is 22.3 Å². The van der Waals surface area contributed by atoms with Gasteiger partial charge in [-0.1, -0.05) is 121 Å². The Morgan fingerprint density at radius 2 is 0.976 bits per heavy atom. The Kier molecular flexibility index (Phi) is 11.7. The molecule has 0 saturated carbocycles. The van der Waals surface area contributed by atoms with Crippen molar-refractivity contribution in [1.29, 1.82) is 0 Å². The largest absolute Gasteiger partial charge is 0.395 e. The molecule has 1 heterocycles. The SMILES string of the molecule is OCCN1CC(OCc2ccccc2)C(OCc2ccccc2)[C@H](OCc2ccccc2)C1COCc1ccccc1. The average Bonchev–Trinajstić information content (AvgIpc) is 3.05. The zero-order valence-electron chi connectivity index (χ0n) is 24.0. The molecule has 0 spiro atoms. The quantitative estimate of drug-likeness (QED) is 0.201. The van der Waals surface area contributed by atoms with Gasteiger partial charge >= 0.3 is 0 Å². The number of rotatable bonds is 15. The molecular weight excluding hydrogens is 526 g/mol. The van der Waals surface area contributed by atoms with Gasteiger partial charge in [0.1, 0.15) is 12.2 Å². The minimum absolute atomic E-state index is 0.0293. The van der Waals surface area contributed by atoms with Gasteiger partial charge < -0.3 is 24.1 Å². The fourth-order valence-electron chi connectivity index (χ4n) is 5.43. The predicted octanol–water partition coefficient (Wildman–Crippen LogP) is 5.64. The van der Waals surface area contributed by atoms with Crippen LogP contribution in [0.5, 0.6) is 0 Å². The topological polar surface area (TPSA) is 60.4 Å². The number of β-amino-alcohol motifs (C(OH)–C–C–N with tert-alkyl or cyclic N) is 1. The summed E-state index contributed by atoms with van der Waals surface area (Å²) >= 11 is 0. The van der Waals surface area contributed by atoms with Gasteiger partial charge in [0.25, 0.3) is 0 Å². The molecule has 4 atom stereocenters. The van der Waals surface area contributed by atoms with E-state index in [1.54, 1.807) is 0 Å². The molecule has 4 aromatic rings. The summed E-state index contributed by atoms with van der Waals surface area (Å²) in [5, 5.41) is 10.1. The zero-order valence-corrected chi connectivity index (χ0v) is 24.0. The maximum absolute atomic E-state index is 10.1. The second kappa shape index (κ2) is 16.3.